The molecule has 4 nitrogen and oxygen atoms in total. The van der Waals surface area contributed by atoms with Crippen LogP contribution in [0.4, 0.5) is 0 Å². The van der Waals surface area contributed by atoms with Gasteiger partial charge in [0, 0.05) is 38.1 Å². The quantitative estimate of drug-likeness (QED) is 0.848. The van der Waals surface area contributed by atoms with Gasteiger partial charge in [-0.2, -0.15) is 11.3 Å². The summed E-state index contributed by atoms with van der Waals surface area (Å²) >= 11 is 3.26. The molecule has 4 rings (SSSR count). The largest absolute Gasteiger partial charge is 0.335 e. The zero-order valence-electron chi connectivity index (χ0n) is 13.3. The van der Waals surface area contributed by atoms with Gasteiger partial charge in [0.15, 0.2) is 0 Å². The smallest absolute Gasteiger partial charge is 0.265 e. The molecule has 23 heavy (non-hydrogen) atoms. The normalized spacial score (nSPS) is 20.7. The minimum atomic E-state index is 0.192. The first-order valence-corrected chi connectivity index (χ1v) is 10.0. The molecular formula is C17H21N3OS2. The zero-order chi connectivity index (χ0) is 15.8. The van der Waals surface area contributed by atoms with Crippen molar-refractivity contribution in [3.8, 4) is 0 Å². The Balaban J connectivity index is 1.39. The third kappa shape index (κ3) is 3.07. The standard InChI is InChI=1S/C17H21N3OS2/c1-12(14-4-9-22-10-14)19-5-7-20(8-6-19)17(21)16-15(13-2-3-13)18-11-23-16/h4,9-13H,2-3,5-8H2,1H3. The lowest BCUT2D eigenvalue weighted by atomic mass is 10.1. The predicted molar refractivity (Wildman–Crippen MR) is 94.3 cm³/mol. The summed E-state index contributed by atoms with van der Waals surface area (Å²) in [7, 11) is 0. The Morgan fingerprint density at radius 1 is 1.30 bits per heavy atom. The van der Waals surface area contributed by atoms with Gasteiger partial charge in [0.2, 0.25) is 0 Å². The second kappa shape index (κ2) is 6.34. The third-order valence-corrected chi connectivity index (χ3v) is 6.46. The van der Waals surface area contributed by atoms with E-state index in [-0.39, 0.29) is 5.91 Å². The fourth-order valence-electron chi connectivity index (χ4n) is 3.24. The van der Waals surface area contributed by atoms with Crippen molar-refractivity contribution in [2.45, 2.75) is 31.7 Å². The Labute approximate surface area is 144 Å². The molecule has 3 heterocycles. The highest BCUT2D eigenvalue weighted by molar-refractivity contribution is 7.11. The molecule has 122 valence electrons. The van der Waals surface area contributed by atoms with Crippen molar-refractivity contribution >= 4 is 28.6 Å². The van der Waals surface area contributed by atoms with Gasteiger partial charge in [-0.25, -0.2) is 4.98 Å². The number of carbonyl (C=O) groups excluding carboxylic acids is 1. The number of rotatable bonds is 4. The molecule has 6 heteroatoms. The third-order valence-electron chi connectivity index (χ3n) is 4.93. The lowest BCUT2D eigenvalue weighted by Gasteiger charge is -2.37. The van der Waals surface area contributed by atoms with Gasteiger partial charge in [0.1, 0.15) is 4.88 Å². The van der Waals surface area contributed by atoms with Gasteiger partial charge in [0.05, 0.1) is 11.2 Å². The maximum absolute atomic E-state index is 12.8. The molecule has 1 saturated heterocycles. The van der Waals surface area contributed by atoms with Crippen molar-refractivity contribution in [2.24, 2.45) is 0 Å². The van der Waals surface area contributed by atoms with Crippen LogP contribution in [0.25, 0.3) is 0 Å². The van der Waals surface area contributed by atoms with E-state index in [1.165, 1.54) is 29.7 Å². The van der Waals surface area contributed by atoms with Crippen LogP contribution in [-0.4, -0.2) is 46.9 Å². The minimum absolute atomic E-state index is 0.192. The van der Waals surface area contributed by atoms with Crippen molar-refractivity contribution < 1.29 is 4.79 Å². The molecule has 1 aliphatic carbocycles. The maximum Gasteiger partial charge on any atom is 0.265 e. The van der Waals surface area contributed by atoms with Gasteiger partial charge >= 0.3 is 0 Å². The van der Waals surface area contributed by atoms with E-state index in [9.17, 15) is 4.79 Å². The summed E-state index contributed by atoms with van der Waals surface area (Å²) in [4.78, 5) is 22.6. The number of amides is 1. The van der Waals surface area contributed by atoms with Gasteiger partial charge in [-0.05, 0) is 42.2 Å². The Hall–Kier alpha value is -1.24. The van der Waals surface area contributed by atoms with E-state index in [1.807, 2.05) is 10.4 Å². The van der Waals surface area contributed by atoms with Crippen molar-refractivity contribution in [1.82, 2.24) is 14.8 Å². The predicted octanol–water partition coefficient (Wildman–Crippen LogP) is 3.60. The first-order valence-electron chi connectivity index (χ1n) is 8.23. The fraction of sp³-hybridized carbons (Fsp3) is 0.529. The monoisotopic (exact) mass is 347 g/mol. The van der Waals surface area contributed by atoms with Gasteiger partial charge in [-0.15, -0.1) is 11.3 Å². The highest BCUT2D eigenvalue weighted by Gasteiger charge is 2.33. The highest BCUT2D eigenvalue weighted by Crippen LogP contribution is 2.42. The van der Waals surface area contributed by atoms with Gasteiger partial charge in [0.25, 0.3) is 5.91 Å². The van der Waals surface area contributed by atoms with Crippen LogP contribution < -0.4 is 0 Å². The second-order valence-electron chi connectivity index (χ2n) is 6.40. The van der Waals surface area contributed by atoms with E-state index >= 15 is 0 Å². The first kappa shape index (κ1) is 15.3. The summed E-state index contributed by atoms with van der Waals surface area (Å²) in [5.41, 5.74) is 4.26. The zero-order valence-corrected chi connectivity index (χ0v) is 14.9. The molecule has 0 bridgehead atoms. The van der Waals surface area contributed by atoms with Gasteiger partial charge in [-0.3, -0.25) is 9.69 Å². The van der Waals surface area contributed by atoms with Crippen LogP contribution in [-0.2, 0) is 0 Å². The van der Waals surface area contributed by atoms with Crippen molar-refractivity contribution in [3.63, 3.8) is 0 Å². The van der Waals surface area contributed by atoms with E-state index in [0.717, 1.165) is 36.8 Å². The Morgan fingerprint density at radius 3 is 2.74 bits per heavy atom. The SMILES string of the molecule is CC(c1ccsc1)N1CCN(C(=O)c2scnc2C2CC2)CC1. The molecule has 1 saturated carbocycles. The number of thiophene rings is 1. The number of carbonyl (C=O) groups is 1. The Kier molecular flexibility index (Phi) is 4.22. The topological polar surface area (TPSA) is 36.4 Å². The molecule has 1 amide bonds. The van der Waals surface area contributed by atoms with Crippen LogP contribution in [0, 0.1) is 0 Å². The number of aromatic nitrogens is 1. The summed E-state index contributed by atoms with van der Waals surface area (Å²) in [5, 5.41) is 4.36. The highest BCUT2D eigenvalue weighted by atomic mass is 32.1. The molecule has 0 radical (unpaired) electrons. The van der Waals surface area contributed by atoms with Crippen LogP contribution in [0.2, 0.25) is 0 Å². The van der Waals surface area contributed by atoms with Crippen LogP contribution in [0.5, 0.6) is 0 Å². The Morgan fingerprint density at radius 2 is 2.09 bits per heavy atom. The average Bonchev–Trinajstić information content (AvgIpc) is 3.09. The summed E-state index contributed by atoms with van der Waals surface area (Å²) in [6.45, 7) is 5.78. The van der Waals surface area contributed by atoms with E-state index in [0.29, 0.717) is 12.0 Å². The summed E-state index contributed by atoms with van der Waals surface area (Å²) in [6.07, 6.45) is 2.38. The molecule has 1 unspecified atom stereocenters. The van der Waals surface area contributed by atoms with Crippen molar-refractivity contribution in [2.75, 3.05) is 26.2 Å². The van der Waals surface area contributed by atoms with Crippen LogP contribution in [0.3, 0.4) is 0 Å². The fourth-order valence-corrected chi connectivity index (χ4v) is 4.83. The molecule has 1 aliphatic heterocycles. The summed E-state index contributed by atoms with van der Waals surface area (Å²) < 4.78 is 0. The van der Waals surface area contributed by atoms with E-state index < -0.39 is 0 Å². The molecule has 0 aromatic carbocycles. The lowest BCUT2D eigenvalue weighted by Crippen LogP contribution is -2.49. The van der Waals surface area contributed by atoms with E-state index in [1.54, 1.807) is 11.3 Å². The van der Waals surface area contributed by atoms with Gasteiger partial charge in [-0.1, -0.05) is 0 Å². The number of nitrogens with zero attached hydrogens (tertiary/aromatic N) is 3. The number of hydrogen-bond donors (Lipinski definition) is 0. The van der Waals surface area contributed by atoms with Crippen LogP contribution in [0.1, 0.15) is 52.7 Å². The number of thiazole rings is 1. The molecule has 2 aromatic rings. The molecule has 0 spiro atoms. The molecule has 1 atom stereocenters. The minimum Gasteiger partial charge on any atom is -0.335 e. The lowest BCUT2D eigenvalue weighted by molar-refractivity contribution is 0.0585. The molecule has 2 fully saturated rings. The number of hydrogen-bond acceptors (Lipinski definition) is 5. The Bertz CT molecular complexity index is 670. The molecule has 2 aromatic heterocycles. The van der Waals surface area contributed by atoms with Crippen LogP contribution >= 0.6 is 22.7 Å². The summed E-state index contributed by atoms with van der Waals surface area (Å²) in [5.74, 6) is 0.734. The molecule has 2 aliphatic rings. The molecule has 0 N–H and O–H groups in total. The van der Waals surface area contributed by atoms with E-state index in [2.05, 4.69) is 33.6 Å². The second-order valence-corrected chi connectivity index (χ2v) is 8.04. The average molecular weight is 348 g/mol. The van der Waals surface area contributed by atoms with Crippen molar-refractivity contribution in [1.29, 1.82) is 0 Å². The van der Waals surface area contributed by atoms with Crippen LogP contribution in [0.15, 0.2) is 22.3 Å². The maximum atomic E-state index is 12.8. The van der Waals surface area contributed by atoms with Crippen molar-refractivity contribution in [3.05, 3.63) is 38.5 Å². The van der Waals surface area contributed by atoms with Gasteiger partial charge < -0.3 is 4.90 Å². The molecular weight excluding hydrogens is 326 g/mol. The first-order chi connectivity index (χ1) is 11.2. The number of piperazine rings is 1. The summed E-state index contributed by atoms with van der Waals surface area (Å²) in [6, 6.07) is 2.63. The van der Waals surface area contributed by atoms with E-state index in [4.69, 9.17) is 0 Å².